The zero-order valence-electron chi connectivity index (χ0n) is 14.6. The highest BCUT2D eigenvalue weighted by Crippen LogP contribution is 2.31. The summed E-state index contributed by atoms with van der Waals surface area (Å²) in [4.78, 5) is 14.8. The molecule has 6 nitrogen and oxygen atoms in total. The molecular formula is C16H22F3N3O3. The van der Waals surface area contributed by atoms with Gasteiger partial charge in [-0.25, -0.2) is 4.79 Å². The fourth-order valence-corrected chi connectivity index (χ4v) is 2.78. The zero-order chi connectivity index (χ0) is 18.8. The number of anilines is 1. The number of hydrogen-bond acceptors (Lipinski definition) is 4. The van der Waals surface area contributed by atoms with E-state index in [-0.39, 0.29) is 6.54 Å². The highest BCUT2D eigenvalue weighted by atomic mass is 19.4. The molecule has 0 radical (unpaired) electrons. The number of nitrogens with zero attached hydrogens (tertiary/aromatic N) is 2. The number of likely N-dealkylation sites (N-methyl/N-ethyl adjacent to an activating group) is 1. The van der Waals surface area contributed by atoms with Crippen LogP contribution in [-0.4, -0.2) is 68.4 Å². The number of hydrogen-bond donors (Lipinski definition) is 1. The summed E-state index contributed by atoms with van der Waals surface area (Å²) in [6.07, 6.45) is -4.40. The van der Waals surface area contributed by atoms with Gasteiger partial charge in [-0.15, -0.1) is 0 Å². The summed E-state index contributed by atoms with van der Waals surface area (Å²) in [6.45, 7) is 1.46. The highest BCUT2D eigenvalue weighted by molar-refractivity contribution is 5.90. The Bertz CT molecular complexity index is 624. The maximum atomic E-state index is 13.2. The van der Waals surface area contributed by atoms with Crippen LogP contribution in [0.1, 0.15) is 6.92 Å². The lowest BCUT2D eigenvalue weighted by atomic mass is 10.1. The van der Waals surface area contributed by atoms with E-state index in [1.165, 1.54) is 31.1 Å². The summed E-state index contributed by atoms with van der Waals surface area (Å²) < 4.78 is 49.8. The summed E-state index contributed by atoms with van der Waals surface area (Å²) in [5.74, 6) is 0.908. The molecule has 2 amide bonds. The number of nitrogens with one attached hydrogen (secondary N) is 1. The van der Waals surface area contributed by atoms with Crippen LogP contribution < -0.4 is 14.8 Å². The van der Waals surface area contributed by atoms with E-state index in [4.69, 9.17) is 9.47 Å². The van der Waals surface area contributed by atoms with Gasteiger partial charge in [0, 0.05) is 30.9 Å². The van der Waals surface area contributed by atoms with Crippen LogP contribution in [0.5, 0.6) is 11.5 Å². The van der Waals surface area contributed by atoms with E-state index in [9.17, 15) is 18.0 Å². The van der Waals surface area contributed by atoms with Crippen LogP contribution in [0.3, 0.4) is 0 Å². The normalized spacial score (nSPS) is 21.8. The Morgan fingerprint density at radius 3 is 2.40 bits per heavy atom. The summed E-state index contributed by atoms with van der Waals surface area (Å²) >= 11 is 0. The largest absolute Gasteiger partial charge is 0.493 e. The summed E-state index contributed by atoms with van der Waals surface area (Å²) in [6, 6.07) is 2.09. The summed E-state index contributed by atoms with van der Waals surface area (Å²) in [7, 11) is 4.37. The van der Waals surface area contributed by atoms with E-state index >= 15 is 0 Å². The van der Waals surface area contributed by atoms with Crippen LogP contribution >= 0.6 is 0 Å². The molecule has 1 aliphatic heterocycles. The second-order valence-corrected chi connectivity index (χ2v) is 5.98. The van der Waals surface area contributed by atoms with Crippen molar-refractivity contribution in [3.8, 4) is 11.5 Å². The number of methoxy groups -OCH3 is 2. The molecule has 1 fully saturated rings. The molecule has 0 saturated carbocycles. The Morgan fingerprint density at radius 2 is 1.84 bits per heavy atom. The van der Waals surface area contributed by atoms with Gasteiger partial charge < -0.3 is 19.7 Å². The third kappa shape index (κ3) is 4.28. The van der Waals surface area contributed by atoms with Gasteiger partial charge in [-0.05, 0) is 26.1 Å². The van der Waals surface area contributed by atoms with Crippen LogP contribution in [0.25, 0.3) is 0 Å². The third-order valence-corrected chi connectivity index (χ3v) is 4.36. The molecule has 2 rings (SSSR count). The molecule has 25 heavy (non-hydrogen) atoms. The standard InChI is InChI=1S/C16H22F3N3O3/c1-10-8-22(9-14(21(10)2)16(17,18)19)15(23)20-11-5-6-12(24-3)13(7-11)25-4/h5-7,10,14H,8-9H2,1-4H3,(H,20,23). The van der Waals surface area contributed by atoms with E-state index in [2.05, 4.69) is 5.32 Å². The highest BCUT2D eigenvalue weighted by Gasteiger charge is 2.47. The van der Waals surface area contributed by atoms with Crippen molar-refractivity contribution in [3.05, 3.63) is 18.2 Å². The minimum absolute atomic E-state index is 0.211. The Labute approximate surface area is 144 Å². The smallest absolute Gasteiger partial charge is 0.405 e. The molecule has 2 unspecified atom stereocenters. The molecule has 1 heterocycles. The Morgan fingerprint density at radius 1 is 1.20 bits per heavy atom. The first-order valence-electron chi connectivity index (χ1n) is 7.74. The molecule has 1 saturated heterocycles. The first kappa shape index (κ1) is 19.2. The molecule has 0 bridgehead atoms. The van der Waals surface area contributed by atoms with Crippen LogP contribution in [-0.2, 0) is 0 Å². The minimum Gasteiger partial charge on any atom is -0.493 e. The molecule has 1 N–H and O–H groups in total. The van der Waals surface area contributed by atoms with Crippen LogP contribution in [0, 0.1) is 0 Å². The van der Waals surface area contributed by atoms with Crippen molar-refractivity contribution in [2.24, 2.45) is 0 Å². The number of carbonyl (C=O) groups is 1. The molecule has 0 aromatic heterocycles. The van der Waals surface area contributed by atoms with Crippen molar-refractivity contribution in [3.63, 3.8) is 0 Å². The lowest BCUT2D eigenvalue weighted by molar-refractivity contribution is -0.196. The Balaban J connectivity index is 2.12. The van der Waals surface area contributed by atoms with Gasteiger partial charge in [0.15, 0.2) is 11.5 Å². The summed E-state index contributed by atoms with van der Waals surface area (Å²) in [5.41, 5.74) is 0.415. The predicted molar refractivity (Wildman–Crippen MR) is 87.2 cm³/mol. The molecular weight excluding hydrogens is 339 g/mol. The average Bonchev–Trinajstić information content (AvgIpc) is 2.55. The van der Waals surface area contributed by atoms with Gasteiger partial charge in [0.05, 0.1) is 14.2 Å². The maximum absolute atomic E-state index is 13.2. The number of piperazine rings is 1. The van der Waals surface area contributed by atoms with Crippen LogP contribution in [0.15, 0.2) is 18.2 Å². The van der Waals surface area contributed by atoms with Crippen molar-refractivity contribution < 1.29 is 27.4 Å². The number of carbonyl (C=O) groups excluding carboxylic acids is 1. The number of ether oxygens (including phenoxy) is 2. The number of amides is 2. The monoisotopic (exact) mass is 361 g/mol. The van der Waals surface area contributed by atoms with E-state index < -0.39 is 30.8 Å². The molecule has 140 valence electrons. The van der Waals surface area contributed by atoms with E-state index in [0.29, 0.717) is 17.2 Å². The third-order valence-electron chi connectivity index (χ3n) is 4.36. The topological polar surface area (TPSA) is 54.0 Å². The molecule has 1 aromatic carbocycles. The molecule has 0 aliphatic carbocycles. The average molecular weight is 361 g/mol. The first-order valence-corrected chi connectivity index (χ1v) is 7.74. The van der Waals surface area contributed by atoms with E-state index in [0.717, 1.165) is 0 Å². The number of halogens is 3. The van der Waals surface area contributed by atoms with Crippen molar-refractivity contribution in [1.29, 1.82) is 0 Å². The fraction of sp³-hybridized carbons (Fsp3) is 0.562. The fourth-order valence-electron chi connectivity index (χ4n) is 2.78. The second kappa shape index (κ2) is 7.38. The van der Waals surface area contributed by atoms with Crippen molar-refractivity contribution in [2.45, 2.75) is 25.2 Å². The van der Waals surface area contributed by atoms with Crippen LogP contribution in [0.4, 0.5) is 23.7 Å². The number of benzene rings is 1. The molecule has 9 heteroatoms. The lowest BCUT2D eigenvalue weighted by Crippen LogP contribution is -2.62. The first-order chi connectivity index (χ1) is 11.7. The van der Waals surface area contributed by atoms with Crippen molar-refractivity contribution >= 4 is 11.7 Å². The van der Waals surface area contributed by atoms with Crippen LogP contribution in [0.2, 0.25) is 0 Å². The van der Waals surface area contributed by atoms with Gasteiger partial charge in [0.25, 0.3) is 0 Å². The molecule has 1 aliphatic rings. The number of urea groups is 1. The van der Waals surface area contributed by atoms with Gasteiger partial charge >= 0.3 is 12.2 Å². The molecule has 0 spiro atoms. The summed E-state index contributed by atoms with van der Waals surface area (Å²) in [5, 5.41) is 2.61. The minimum atomic E-state index is -4.40. The lowest BCUT2D eigenvalue weighted by Gasteiger charge is -2.44. The van der Waals surface area contributed by atoms with Gasteiger partial charge in [0.2, 0.25) is 0 Å². The Hall–Kier alpha value is -2.16. The zero-order valence-corrected chi connectivity index (χ0v) is 14.6. The van der Waals surface area contributed by atoms with Crippen molar-refractivity contribution in [1.82, 2.24) is 9.80 Å². The quantitative estimate of drug-likeness (QED) is 0.900. The predicted octanol–water partition coefficient (Wildman–Crippen LogP) is 2.80. The number of alkyl halides is 3. The van der Waals surface area contributed by atoms with E-state index in [1.807, 2.05) is 0 Å². The van der Waals surface area contributed by atoms with E-state index in [1.54, 1.807) is 25.1 Å². The molecule has 2 atom stereocenters. The number of rotatable bonds is 3. The Kier molecular flexibility index (Phi) is 5.66. The molecule has 1 aromatic rings. The van der Waals surface area contributed by atoms with Gasteiger partial charge in [-0.1, -0.05) is 0 Å². The van der Waals surface area contributed by atoms with Gasteiger partial charge in [-0.3, -0.25) is 4.90 Å². The SMILES string of the molecule is COc1ccc(NC(=O)N2CC(C)N(C)C(C(F)(F)F)C2)cc1OC. The second-order valence-electron chi connectivity index (χ2n) is 5.98. The van der Waals surface area contributed by atoms with Gasteiger partial charge in [-0.2, -0.15) is 13.2 Å². The maximum Gasteiger partial charge on any atom is 0.405 e. The van der Waals surface area contributed by atoms with Crippen molar-refractivity contribution in [2.75, 3.05) is 39.7 Å². The van der Waals surface area contributed by atoms with Gasteiger partial charge in [0.1, 0.15) is 6.04 Å².